The molecule has 7 heteroatoms. The minimum atomic E-state index is -0.278. The Balaban J connectivity index is 1.53. The molecule has 0 spiro atoms. The van der Waals surface area contributed by atoms with E-state index < -0.39 is 0 Å². The first-order chi connectivity index (χ1) is 13.9. The van der Waals surface area contributed by atoms with E-state index >= 15 is 0 Å². The van der Waals surface area contributed by atoms with Crippen molar-refractivity contribution in [1.82, 2.24) is 0 Å². The smallest absolute Gasteiger partial charge is 0.262 e. The molecule has 0 aliphatic carbocycles. The Kier molecular flexibility index (Phi) is 7.42. The van der Waals surface area contributed by atoms with Gasteiger partial charge in [0.25, 0.3) is 5.91 Å². The van der Waals surface area contributed by atoms with Gasteiger partial charge in [-0.2, -0.15) is 0 Å². The molecule has 0 bridgehead atoms. The molecule has 4 nitrogen and oxygen atoms in total. The number of carbonyl (C=O) groups excluding carboxylic acids is 1. The number of benzene rings is 3. The van der Waals surface area contributed by atoms with E-state index in [2.05, 4.69) is 32.6 Å². The highest BCUT2D eigenvalue weighted by molar-refractivity contribution is 9.10. The van der Waals surface area contributed by atoms with Crippen LogP contribution in [0, 0.1) is 6.92 Å². The first kappa shape index (κ1) is 21.5. The van der Waals surface area contributed by atoms with E-state index in [1.54, 1.807) is 30.3 Å². The summed E-state index contributed by atoms with van der Waals surface area (Å²) in [5, 5.41) is 7.19. The number of carbonyl (C=O) groups is 1. The van der Waals surface area contributed by atoms with Crippen molar-refractivity contribution in [3.8, 4) is 5.75 Å². The van der Waals surface area contributed by atoms with Gasteiger partial charge in [-0.15, -0.1) is 0 Å². The minimum absolute atomic E-state index is 0.141. The number of nitrogens with one attached hydrogen (secondary N) is 2. The maximum Gasteiger partial charge on any atom is 0.262 e. The lowest BCUT2D eigenvalue weighted by molar-refractivity contribution is -0.118. The van der Waals surface area contributed by atoms with Crippen LogP contribution in [0.25, 0.3) is 0 Å². The molecule has 0 radical (unpaired) electrons. The molecular weight excluding hydrogens is 475 g/mol. The summed E-state index contributed by atoms with van der Waals surface area (Å²) in [6.45, 7) is 2.53. The molecule has 0 aromatic heterocycles. The number of anilines is 2. The fraction of sp³-hybridized carbons (Fsp3) is 0.136. The molecule has 3 aromatic carbocycles. The van der Waals surface area contributed by atoms with Crippen molar-refractivity contribution in [2.24, 2.45) is 0 Å². The van der Waals surface area contributed by atoms with Crippen LogP contribution in [0.3, 0.4) is 0 Å². The zero-order chi connectivity index (χ0) is 20.8. The van der Waals surface area contributed by atoms with E-state index in [1.807, 2.05) is 31.2 Å². The molecule has 29 heavy (non-hydrogen) atoms. The topological polar surface area (TPSA) is 50.4 Å². The average molecular weight is 494 g/mol. The van der Waals surface area contributed by atoms with Gasteiger partial charge in [0.05, 0.1) is 5.02 Å². The number of hydrogen-bond acceptors (Lipinski definition) is 3. The lowest BCUT2D eigenvalue weighted by Gasteiger charge is -2.12. The number of halogens is 3. The predicted octanol–water partition coefficient (Wildman–Crippen LogP) is 6.69. The van der Waals surface area contributed by atoms with Crippen molar-refractivity contribution < 1.29 is 9.53 Å². The molecule has 0 saturated heterocycles. The van der Waals surface area contributed by atoms with Gasteiger partial charge in [0, 0.05) is 27.4 Å². The van der Waals surface area contributed by atoms with Gasteiger partial charge < -0.3 is 15.4 Å². The number of aryl methyl sites for hydroxylation is 1. The van der Waals surface area contributed by atoms with Crippen molar-refractivity contribution in [2.45, 2.75) is 13.5 Å². The van der Waals surface area contributed by atoms with Crippen molar-refractivity contribution in [3.05, 3.63) is 86.3 Å². The zero-order valence-electron chi connectivity index (χ0n) is 15.6. The van der Waals surface area contributed by atoms with Gasteiger partial charge >= 0.3 is 0 Å². The second kappa shape index (κ2) is 10.0. The summed E-state index contributed by atoms with van der Waals surface area (Å²) in [6.07, 6.45) is 0. The van der Waals surface area contributed by atoms with Crippen LogP contribution >= 0.6 is 39.1 Å². The molecule has 1 amide bonds. The molecule has 0 heterocycles. The molecule has 0 atom stereocenters. The second-order valence-corrected chi connectivity index (χ2v) is 8.18. The monoisotopic (exact) mass is 492 g/mol. The maximum atomic E-state index is 12.0. The van der Waals surface area contributed by atoms with Crippen molar-refractivity contribution in [1.29, 1.82) is 0 Å². The van der Waals surface area contributed by atoms with Crippen LogP contribution in [0.4, 0.5) is 11.4 Å². The molecule has 150 valence electrons. The van der Waals surface area contributed by atoms with E-state index in [0.29, 0.717) is 28.0 Å². The van der Waals surface area contributed by atoms with Crippen LogP contribution in [0.2, 0.25) is 10.0 Å². The Hall–Kier alpha value is -2.21. The Morgan fingerprint density at radius 3 is 2.48 bits per heavy atom. The van der Waals surface area contributed by atoms with Gasteiger partial charge in [-0.05, 0) is 72.6 Å². The third-order valence-electron chi connectivity index (χ3n) is 4.15. The summed E-state index contributed by atoms with van der Waals surface area (Å²) < 4.78 is 6.60. The summed E-state index contributed by atoms with van der Waals surface area (Å²) in [4.78, 5) is 12.0. The third-order valence-corrected chi connectivity index (χ3v) is 5.20. The van der Waals surface area contributed by atoms with E-state index in [9.17, 15) is 4.79 Å². The van der Waals surface area contributed by atoms with Crippen LogP contribution in [0.15, 0.2) is 65.1 Å². The largest absolute Gasteiger partial charge is 0.482 e. The molecule has 3 aromatic rings. The highest BCUT2D eigenvalue weighted by Gasteiger charge is 2.08. The van der Waals surface area contributed by atoms with E-state index in [0.717, 1.165) is 21.3 Å². The van der Waals surface area contributed by atoms with E-state index in [1.165, 1.54) is 0 Å². The molecule has 0 unspecified atom stereocenters. The summed E-state index contributed by atoms with van der Waals surface area (Å²) in [7, 11) is 0. The van der Waals surface area contributed by atoms with Crippen molar-refractivity contribution in [3.63, 3.8) is 0 Å². The minimum Gasteiger partial charge on any atom is -0.482 e. The predicted molar refractivity (Wildman–Crippen MR) is 123 cm³/mol. The van der Waals surface area contributed by atoms with E-state index in [-0.39, 0.29) is 12.5 Å². The highest BCUT2D eigenvalue weighted by atomic mass is 79.9. The number of amides is 1. The summed E-state index contributed by atoms with van der Waals surface area (Å²) in [5.74, 6) is 0.182. The van der Waals surface area contributed by atoms with Gasteiger partial charge in [0.1, 0.15) is 5.75 Å². The van der Waals surface area contributed by atoms with Crippen molar-refractivity contribution >= 4 is 56.4 Å². The number of rotatable bonds is 7. The summed E-state index contributed by atoms with van der Waals surface area (Å²) in [6, 6.07) is 18.4. The molecule has 2 N–H and O–H groups in total. The summed E-state index contributed by atoms with van der Waals surface area (Å²) in [5.41, 5.74) is 3.87. The first-order valence-corrected chi connectivity index (χ1v) is 10.4. The molecule has 3 rings (SSSR count). The lowest BCUT2D eigenvalue weighted by Crippen LogP contribution is -2.20. The summed E-state index contributed by atoms with van der Waals surface area (Å²) >= 11 is 15.6. The Labute approximate surface area is 188 Å². The SMILES string of the molecule is Cc1cc(Br)ccc1NCc1ccc(OCC(=O)Nc2ccc(Cl)cc2)c(Cl)c1. The lowest BCUT2D eigenvalue weighted by atomic mass is 10.1. The standard InChI is InChI=1S/C22H19BrCl2N2O2/c1-14-10-16(23)3-8-20(14)26-12-15-2-9-21(19(25)11-15)29-13-22(28)27-18-6-4-17(24)5-7-18/h2-11,26H,12-13H2,1H3,(H,27,28). The number of hydrogen-bond donors (Lipinski definition) is 2. The third kappa shape index (κ3) is 6.39. The second-order valence-electron chi connectivity index (χ2n) is 6.42. The molecule has 0 saturated carbocycles. The van der Waals surface area contributed by atoms with Crippen LogP contribution in [0.5, 0.6) is 5.75 Å². The highest BCUT2D eigenvalue weighted by Crippen LogP contribution is 2.27. The Morgan fingerprint density at radius 2 is 1.79 bits per heavy atom. The van der Waals surface area contributed by atoms with Crippen molar-refractivity contribution in [2.75, 3.05) is 17.2 Å². The first-order valence-electron chi connectivity index (χ1n) is 8.87. The molecule has 0 aliphatic heterocycles. The van der Waals surface area contributed by atoms with Gasteiger partial charge in [-0.1, -0.05) is 45.2 Å². The maximum absolute atomic E-state index is 12.0. The van der Waals surface area contributed by atoms with Gasteiger partial charge in [0.2, 0.25) is 0 Å². The molecule has 0 fully saturated rings. The van der Waals surface area contributed by atoms with Crippen LogP contribution in [-0.2, 0) is 11.3 Å². The Morgan fingerprint density at radius 1 is 1.03 bits per heavy atom. The van der Waals surface area contributed by atoms with Gasteiger partial charge in [-0.25, -0.2) is 0 Å². The molecular formula is C22H19BrCl2N2O2. The average Bonchev–Trinajstić information content (AvgIpc) is 2.68. The number of ether oxygens (including phenoxy) is 1. The molecule has 0 aliphatic rings. The van der Waals surface area contributed by atoms with Gasteiger partial charge in [-0.3, -0.25) is 4.79 Å². The van der Waals surface area contributed by atoms with Gasteiger partial charge in [0.15, 0.2) is 6.61 Å². The quantitative estimate of drug-likeness (QED) is 0.385. The van der Waals surface area contributed by atoms with Crippen LogP contribution < -0.4 is 15.4 Å². The van der Waals surface area contributed by atoms with E-state index in [4.69, 9.17) is 27.9 Å². The zero-order valence-corrected chi connectivity index (χ0v) is 18.7. The van der Waals surface area contributed by atoms with Crippen LogP contribution in [-0.4, -0.2) is 12.5 Å². The fourth-order valence-corrected chi connectivity index (χ4v) is 3.53. The van der Waals surface area contributed by atoms with Crippen LogP contribution in [0.1, 0.15) is 11.1 Å². The normalized spacial score (nSPS) is 10.5. The Bertz CT molecular complexity index is 1010. The fourth-order valence-electron chi connectivity index (χ4n) is 2.67.